The molecule has 0 saturated heterocycles. The first-order chi connectivity index (χ1) is 8.06. The summed E-state index contributed by atoms with van der Waals surface area (Å²) in [6, 6.07) is 5.40. The zero-order valence-electron chi connectivity index (χ0n) is 10.2. The number of nitrogen functional groups attached to an aromatic ring is 1. The van der Waals surface area contributed by atoms with Crippen molar-refractivity contribution >= 4 is 23.1 Å². The molecule has 1 aromatic carbocycles. The first-order valence-corrected chi connectivity index (χ1v) is 5.78. The fourth-order valence-corrected chi connectivity index (χ4v) is 1.80. The van der Waals surface area contributed by atoms with Crippen LogP contribution in [0.1, 0.15) is 12.0 Å². The van der Waals surface area contributed by atoms with E-state index in [1.165, 1.54) is 0 Å². The molecule has 0 atom stereocenters. The van der Waals surface area contributed by atoms with Crippen LogP contribution in [0.4, 0.5) is 5.69 Å². The van der Waals surface area contributed by atoms with E-state index in [2.05, 4.69) is 0 Å². The summed E-state index contributed by atoms with van der Waals surface area (Å²) >= 11 is 5.90. The molecule has 94 valence electrons. The maximum atomic E-state index is 7.55. The number of nitrogens with zero attached hydrogens (tertiary/aromatic N) is 1. The largest absolute Gasteiger partial charge is 0.385 e. The van der Waals surface area contributed by atoms with Crippen LogP contribution < -0.4 is 10.6 Å². The van der Waals surface area contributed by atoms with Crippen LogP contribution in [-0.2, 0) is 4.74 Å². The molecule has 0 radical (unpaired) electrons. The summed E-state index contributed by atoms with van der Waals surface area (Å²) in [6.07, 6.45) is 0.924. The van der Waals surface area contributed by atoms with E-state index in [1.807, 2.05) is 18.0 Å². The minimum absolute atomic E-state index is 0.0288. The van der Waals surface area contributed by atoms with Crippen molar-refractivity contribution in [2.75, 3.05) is 32.2 Å². The number of nitrogens with two attached hydrogens (primary N) is 1. The van der Waals surface area contributed by atoms with Gasteiger partial charge >= 0.3 is 0 Å². The number of methoxy groups -OCH3 is 1. The Balaban J connectivity index is 2.84. The molecular formula is C12H18ClN3O. The lowest BCUT2D eigenvalue weighted by molar-refractivity contribution is 0.196. The lowest BCUT2D eigenvalue weighted by Gasteiger charge is -2.22. The van der Waals surface area contributed by atoms with Crippen LogP contribution in [0.5, 0.6) is 0 Å². The third-order valence-corrected chi connectivity index (χ3v) is 2.74. The standard InChI is InChI=1S/C12H18ClN3O/c1-16(6-3-7-17-2)11-5-4-9(13)8-10(11)12(14)15/h4-5,8H,3,6-7H2,1-2H3,(H3,14,15). The lowest BCUT2D eigenvalue weighted by Crippen LogP contribution is -2.24. The SMILES string of the molecule is COCCCN(C)c1ccc(Cl)cc1C(=N)N. The van der Waals surface area contributed by atoms with Crippen LogP contribution in [-0.4, -0.2) is 33.1 Å². The Labute approximate surface area is 107 Å². The molecule has 0 saturated carbocycles. The van der Waals surface area contributed by atoms with Crippen molar-refractivity contribution in [3.8, 4) is 0 Å². The summed E-state index contributed by atoms with van der Waals surface area (Å²) in [5.74, 6) is 0.0288. The Morgan fingerprint density at radius 1 is 1.53 bits per heavy atom. The molecule has 0 bridgehead atoms. The van der Waals surface area contributed by atoms with E-state index in [-0.39, 0.29) is 5.84 Å². The van der Waals surface area contributed by atoms with Crippen molar-refractivity contribution in [2.45, 2.75) is 6.42 Å². The third-order valence-electron chi connectivity index (χ3n) is 2.50. The predicted octanol–water partition coefficient (Wildman–Crippen LogP) is 2.10. The number of ether oxygens (including phenoxy) is 1. The second-order valence-electron chi connectivity index (χ2n) is 3.84. The first kappa shape index (κ1) is 13.8. The highest BCUT2D eigenvalue weighted by Crippen LogP contribution is 2.23. The summed E-state index contributed by atoms with van der Waals surface area (Å²) in [4.78, 5) is 2.05. The molecular weight excluding hydrogens is 238 g/mol. The molecule has 1 aromatic rings. The molecule has 0 aliphatic rings. The summed E-state index contributed by atoms with van der Waals surface area (Å²) in [6.45, 7) is 1.56. The van der Waals surface area contributed by atoms with Gasteiger partial charge in [-0.15, -0.1) is 0 Å². The third kappa shape index (κ3) is 3.91. The minimum atomic E-state index is 0.0288. The number of amidine groups is 1. The van der Waals surface area contributed by atoms with Gasteiger partial charge in [-0.1, -0.05) is 11.6 Å². The minimum Gasteiger partial charge on any atom is -0.385 e. The van der Waals surface area contributed by atoms with Crippen LogP contribution in [0, 0.1) is 5.41 Å². The molecule has 0 aromatic heterocycles. The maximum Gasteiger partial charge on any atom is 0.124 e. The van der Waals surface area contributed by atoms with E-state index in [1.54, 1.807) is 19.2 Å². The number of halogens is 1. The highest BCUT2D eigenvalue weighted by Gasteiger charge is 2.10. The highest BCUT2D eigenvalue weighted by molar-refractivity contribution is 6.31. The van der Waals surface area contributed by atoms with Gasteiger partial charge in [-0.3, -0.25) is 5.41 Å². The van der Waals surface area contributed by atoms with Gasteiger partial charge in [0.15, 0.2) is 0 Å². The second-order valence-corrected chi connectivity index (χ2v) is 4.28. The average Bonchev–Trinajstić information content (AvgIpc) is 2.29. The van der Waals surface area contributed by atoms with Crippen molar-refractivity contribution in [1.29, 1.82) is 5.41 Å². The van der Waals surface area contributed by atoms with Crippen molar-refractivity contribution in [3.63, 3.8) is 0 Å². The van der Waals surface area contributed by atoms with Gasteiger partial charge in [0, 0.05) is 43.6 Å². The molecule has 0 aliphatic heterocycles. The molecule has 4 nitrogen and oxygen atoms in total. The van der Waals surface area contributed by atoms with Crippen LogP contribution in [0.2, 0.25) is 5.02 Å². The number of hydrogen-bond donors (Lipinski definition) is 2. The molecule has 17 heavy (non-hydrogen) atoms. The van der Waals surface area contributed by atoms with Gasteiger partial charge in [-0.05, 0) is 24.6 Å². The molecule has 0 spiro atoms. The van der Waals surface area contributed by atoms with Gasteiger partial charge in [0.05, 0.1) is 0 Å². The molecule has 0 heterocycles. The van der Waals surface area contributed by atoms with E-state index in [9.17, 15) is 0 Å². The lowest BCUT2D eigenvalue weighted by atomic mass is 10.1. The number of nitrogens with one attached hydrogen (secondary N) is 1. The van der Waals surface area contributed by atoms with Crippen molar-refractivity contribution < 1.29 is 4.74 Å². The van der Waals surface area contributed by atoms with E-state index in [4.69, 9.17) is 27.5 Å². The topological polar surface area (TPSA) is 62.3 Å². The number of benzene rings is 1. The average molecular weight is 256 g/mol. The molecule has 0 aliphatic carbocycles. The normalized spacial score (nSPS) is 10.3. The van der Waals surface area contributed by atoms with Crippen LogP contribution >= 0.6 is 11.6 Å². The predicted molar refractivity (Wildman–Crippen MR) is 72.2 cm³/mol. The molecule has 1 rings (SSSR count). The van der Waals surface area contributed by atoms with Crippen molar-refractivity contribution in [1.82, 2.24) is 0 Å². The van der Waals surface area contributed by atoms with Gasteiger partial charge < -0.3 is 15.4 Å². The summed E-state index contributed by atoms with van der Waals surface area (Å²) < 4.78 is 5.01. The van der Waals surface area contributed by atoms with Crippen molar-refractivity contribution in [3.05, 3.63) is 28.8 Å². The fourth-order valence-electron chi connectivity index (χ4n) is 1.62. The summed E-state index contributed by atoms with van der Waals surface area (Å²) in [7, 11) is 3.65. The zero-order chi connectivity index (χ0) is 12.8. The second kappa shape index (κ2) is 6.47. The Morgan fingerprint density at radius 2 is 2.24 bits per heavy atom. The Bertz CT molecular complexity index is 395. The van der Waals surface area contributed by atoms with Crippen LogP contribution in [0.3, 0.4) is 0 Å². The fraction of sp³-hybridized carbons (Fsp3) is 0.417. The van der Waals surface area contributed by atoms with Gasteiger partial charge in [-0.2, -0.15) is 0 Å². The van der Waals surface area contributed by atoms with Gasteiger partial charge in [0.25, 0.3) is 0 Å². The van der Waals surface area contributed by atoms with E-state index in [0.717, 1.165) is 18.7 Å². The Hall–Kier alpha value is -1.26. The van der Waals surface area contributed by atoms with Gasteiger partial charge in [0.2, 0.25) is 0 Å². The molecule has 0 unspecified atom stereocenters. The van der Waals surface area contributed by atoms with E-state index >= 15 is 0 Å². The number of hydrogen-bond acceptors (Lipinski definition) is 3. The van der Waals surface area contributed by atoms with Crippen LogP contribution in [0.25, 0.3) is 0 Å². The highest BCUT2D eigenvalue weighted by atomic mass is 35.5. The summed E-state index contributed by atoms with van der Waals surface area (Å²) in [5, 5.41) is 8.13. The van der Waals surface area contributed by atoms with Gasteiger partial charge in [0.1, 0.15) is 5.84 Å². The Kier molecular flexibility index (Phi) is 5.25. The van der Waals surface area contributed by atoms with Crippen LogP contribution in [0.15, 0.2) is 18.2 Å². The van der Waals surface area contributed by atoms with E-state index in [0.29, 0.717) is 17.2 Å². The first-order valence-electron chi connectivity index (χ1n) is 5.40. The number of anilines is 1. The van der Waals surface area contributed by atoms with E-state index < -0.39 is 0 Å². The monoisotopic (exact) mass is 255 g/mol. The number of rotatable bonds is 6. The summed E-state index contributed by atoms with van der Waals surface area (Å²) in [5.41, 5.74) is 7.13. The zero-order valence-corrected chi connectivity index (χ0v) is 10.9. The maximum absolute atomic E-state index is 7.55. The van der Waals surface area contributed by atoms with Gasteiger partial charge in [-0.25, -0.2) is 0 Å². The molecule has 5 heteroatoms. The Morgan fingerprint density at radius 3 is 2.82 bits per heavy atom. The van der Waals surface area contributed by atoms with Crippen molar-refractivity contribution in [2.24, 2.45) is 5.73 Å². The molecule has 3 N–H and O–H groups in total. The smallest absolute Gasteiger partial charge is 0.124 e. The molecule has 0 amide bonds. The quantitative estimate of drug-likeness (QED) is 0.465. The molecule has 0 fully saturated rings.